The number of esters is 1. The third kappa shape index (κ3) is 3.46. The van der Waals surface area contributed by atoms with Gasteiger partial charge in [-0.3, -0.25) is 9.59 Å². The van der Waals surface area contributed by atoms with Crippen LogP contribution in [0.4, 0.5) is 0 Å². The van der Waals surface area contributed by atoms with E-state index in [1.54, 1.807) is 25.1 Å². The van der Waals surface area contributed by atoms with Crippen molar-refractivity contribution >= 4 is 27.9 Å². The van der Waals surface area contributed by atoms with Crippen LogP contribution in [-0.4, -0.2) is 23.7 Å². The zero-order chi connectivity index (χ0) is 15.5. The van der Waals surface area contributed by atoms with E-state index < -0.39 is 17.4 Å². The lowest BCUT2D eigenvalue weighted by atomic mass is 9.76. The topological polar surface area (TPSA) is 63.6 Å². The molecular weight excluding hydrogens is 336 g/mol. The van der Waals surface area contributed by atoms with Gasteiger partial charge < -0.3 is 9.84 Å². The van der Waals surface area contributed by atoms with E-state index in [1.165, 1.54) is 0 Å². The summed E-state index contributed by atoms with van der Waals surface area (Å²) in [6.45, 7) is 1.86. The van der Waals surface area contributed by atoms with Gasteiger partial charge in [0.1, 0.15) is 0 Å². The molecule has 21 heavy (non-hydrogen) atoms. The number of hydrogen-bond acceptors (Lipinski definition) is 3. The minimum Gasteiger partial charge on any atom is -0.480 e. The highest BCUT2D eigenvalue weighted by atomic mass is 79.9. The Morgan fingerprint density at radius 3 is 2.67 bits per heavy atom. The van der Waals surface area contributed by atoms with E-state index in [1.807, 2.05) is 6.07 Å². The molecular formula is C16H19BrO4. The molecule has 1 fully saturated rings. The molecule has 0 heterocycles. The highest BCUT2D eigenvalue weighted by Gasteiger charge is 2.49. The van der Waals surface area contributed by atoms with Crippen molar-refractivity contribution in [2.24, 2.45) is 5.92 Å². The van der Waals surface area contributed by atoms with Gasteiger partial charge in [-0.1, -0.05) is 40.9 Å². The second kappa shape index (κ2) is 6.60. The van der Waals surface area contributed by atoms with Crippen LogP contribution < -0.4 is 0 Å². The Balaban J connectivity index is 2.42. The summed E-state index contributed by atoms with van der Waals surface area (Å²) in [6, 6.07) is 6.93. The lowest BCUT2D eigenvalue weighted by molar-refractivity contribution is -0.162. The van der Waals surface area contributed by atoms with Gasteiger partial charge >= 0.3 is 11.9 Å². The fourth-order valence-corrected chi connectivity index (χ4v) is 2.92. The minimum atomic E-state index is -1.61. The average Bonchev–Trinajstić information content (AvgIpc) is 3.23. The molecule has 0 aliphatic heterocycles. The standard InChI is InChI=1S/C16H19BrO4/c1-2-21-15(20)16(14(18)19,9-8-11-6-7-11)12-4-3-5-13(17)10-12/h3-5,10-11H,2,6-9H2,1H3,(H,18,19). The predicted molar refractivity (Wildman–Crippen MR) is 82.0 cm³/mol. The highest BCUT2D eigenvalue weighted by Crippen LogP contribution is 2.40. The number of carbonyl (C=O) groups excluding carboxylic acids is 1. The van der Waals surface area contributed by atoms with E-state index in [-0.39, 0.29) is 13.0 Å². The normalized spacial score (nSPS) is 17.0. The maximum Gasteiger partial charge on any atom is 0.328 e. The largest absolute Gasteiger partial charge is 0.480 e. The molecule has 0 aromatic heterocycles. The number of halogens is 1. The quantitative estimate of drug-likeness (QED) is 0.600. The molecule has 1 aromatic rings. The first-order valence-electron chi connectivity index (χ1n) is 7.17. The maximum atomic E-state index is 12.4. The van der Waals surface area contributed by atoms with Crippen molar-refractivity contribution in [3.8, 4) is 0 Å². The molecule has 4 nitrogen and oxygen atoms in total. The first kappa shape index (κ1) is 16.0. The van der Waals surface area contributed by atoms with Crippen molar-refractivity contribution in [2.45, 2.75) is 38.0 Å². The molecule has 1 saturated carbocycles. The van der Waals surface area contributed by atoms with E-state index in [2.05, 4.69) is 15.9 Å². The first-order valence-corrected chi connectivity index (χ1v) is 7.96. The first-order chi connectivity index (χ1) is 10.0. The summed E-state index contributed by atoms with van der Waals surface area (Å²) in [4.78, 5) is 24.4. The van der Waals surface area contributed by atoms with Crippen LogP contribution in [0.5, 0.6) is 0 Å². The molecule has 0 radical (unpaired) electrons. The number of carbonyl (C=O) groups is 2. The molecule has 0 amide bonds. The summed E-state index contributed by atoms with van der Waals surface area (Å²) in [5.41, 5.74) is -1.13. The van der Waals surface area contributed by atoms with E-state index in [0.29, 0.717) is 11.5 Å². The van der Waals surface area contributed by atoms with Crippen LogP contribution in [0.2, 0.25) is 0 Å². The zero-order valence-corrected chi connectivity index (χ0v) is 13.6. The molecule has 1 atom stereocenters. The van der Waals surface area contributed by atoms with E-state index in [0.717, 1.165) is 23.7 Å². The molecule has 0 bridgehead atoms. The Labute approximate surface area is 132 Å². The molecule has 1 aliphatic rings. The number of carboxylic acid groups (broad SMARTS) is 1. The molecule has 1 N–H and O–H groups in total. The second-order valence-electron chi connectivity index (χ2n) is 5.42. The van der Waals surface area contributed by atoms with Gasteiger partial charge in [0.25, 0.3) is 0 Å². The summed E-state index contributed by atoms with van der Waals surface area (Å²) in [7, 11) is 0. The molecule has 1 unspecified atom stereocenters. The van der Waals surface area contributed by atoms with Gasteiger partial charge in [-0.25, -0.2) is 0 Å². The fourth-order valence-electron chi connectivity index (χ4n) is 2.52. The third-order valence-corrected chi connectivity index (χ3v) is 4.42. The SMILES string of the molecule is CCOC(=O)C(CCC1CC1)(C(=O)O)c1cccc(Br)c1. The summed E-state index contributed by atoms with van der Waals surface area (Å²) < 4.78 is 5.83. The van der Waals surface area contributed by atoms with Crippen LogP contribution in [0.3, 0.4) is 0 Å². The maximum absolute atomic E-state index is 12.4. The van der Waals surface area contributed by atoms with Crippen LogP contribution in [-0.2, 0) is 19.7 Å². The molecule has 5 heteroatoms. The number of hydrogen-bond donors (Lipinski definition) is 1. The van der Waals surface area contributed by atoms with Crippen molar-refractivity contribution < 1.29 is 19.4 Å². The Morgan fingerprint density at radius 1 is 1.43 bits per heavy atom. The van der Waals surface area contributed by atoms with Crippen LogP contribution in [0.25, 0.3) is 0 Å². The molecule has 1 aliphatic carbocycles. The van der Waals surface area contributed by atoms with Crippen molar-refractivity contribution in [1.82, 2.24) is 0 Å². The average molecular weight is 355 g/mol. The van der Waals surface area contributed by atoms with E-state index in [9.17, 15) is 14.7 Å². The fraction of sp³-hybridized carbons (Fsp3) is 0.500. The molecule has 1 aromatic carbocycles. The second-order valence-corrected chi connectivity index (χ2v) is 6.34. The number of rotatable bonds is 7. The van der Waals surface area contributed by atoms with E-state index in [4.69, 9.17) is 4.74 Å². The van der Waals surface area contributed by atoms with Gasteiger partial charge in [0.05, 0.1) is 6.61 Å². The van der Waals surface area contributed by atoms with Crippen LogP contribution in [0.1, 0.15) is 38.2 Å². The summed E-state index contributed by atoms with van der Waals surface area (Å²) in [5.74, 6) is -1.26. The number of ether oxygens (including phenoxy) is 1. The number of benzene rings is 1. The van der Waals surface area contributed by atoms with Gasteiger partial charge in [-0.15, -0.1) is 0 Å². The predicted octanol–water partition coefficient (Wildman–Crippen LogP) is 3.52. The lowest BCUT2D eigenvalue weighted by Crippen LogP contribution is -2.45. The molecule has 2 rings (SSSR count). The van der Waals surface area contributed by atoms with Crippen LogP contribution in [0, 0.1) is 5.92 Å². The van der Waals surface area contributed by atoms with Crippen molar-refractivity contribution in [2.75, 3.05) is 6.61 Å². The van der Waals surface area contributed by atoms with Gasteiger partial charge in [-0.05, 0) is 43.4 Å². The van der Waals surface area contributed by atoms with Crippen molar-refractivity contribution in [1.29, 1.82) is 0 Å². The van der Waals surface area contributed by atoms with Gasteiger partial charge in [0.2, 0.25) is 0 Å². The zero-order valence-electron chi connectivity index (χ0n) is 12.0. The van der Waals surface area contributed by atoms with Gasteiger partial charge in [0, 0.05) is 4.47 Å². The summed E-state index contributed by atoms with van der Waals surface area (Å²) in [5, 5.41) is 9.78. The molecule has 0 saturated heterocycles. The number of carboxylic acids is 1. The Bertz CT molecular complexity index is 539. The minimum absolute atomic E-state index is 0.172. The highest BCUT2D eigenvalue weighted by molar-refractivity contribution is 9.10. The lowest BCUT2D eigenvalue weighted by Gasteiger charge is -2.28. The molecule has 0 spiro atoms. The van der Waals surface area contributed by atoms with Crippen molar-refractivity contribution in [3.63, 3.8) is 0 Å². The molecule has 114 valence electrons. The number of aliphatic carboxylic acids is 1. The summed E-state index contributed by atoms with van der Waals surface area (Å²) >= 11 is 3.34. The Morgan fingerprint density at radius 2 is 2.14 bits per heavy atom. The smallest absolute Gasteiger partial charge is 0.328 e. The van der Waals surface area contributed by atoms with Gasteiger partial charge in [0.15, 0.2) is 5.41 Å². The van der Waals surface area contributed by atoms with Crippen LogP contribution >= 0.6 is 15.9 Å². The Hall–Kier alpha value is -1.36. The monoisotopic (exact) mass is 354 g/mol. The van der Waals surface area contributed by atoms with Crippen LogP contribution in [0.15, 0.2) is 28.7 Å². The third-order valence-electron chi connectivity index (χ3n) is 3.93. The Kier molecular flexibility index (Phi) is 5.04. The van der Waals surface area contributed by atoms with Crippen molar-refractivity contribution in [3.05, 3.63) is 34.3 Å². The summed E-state index contributed by atoms with van der Waals surface area (Å²) in [6.07, 6.45) is 3.26. The van der Waals surface area contributed by atoms with E-state index >= 15 is 0 Å². The van der Waals surface area contributed by atoms with Gasteiger partial charge in [-0.2, -0.15) is 0 Å².